The molecule has 0 saturated heterocycles. The standard InChI is InChI=1S/C8H9F2NO/c1-5-3-11-4-6(8(9)10)7(5)12-2/h3-4,8H,1-2H3. The van der Waals surface area contributed by atoms with Gasteiger partial charge in [-0.3, -0.25) is 4.98 Å². The zero-order valence-corrected chi connectivity index (χ0v) is 6.84. The van der Waals surface area contributed by atoms with Crippen molar-refractivity contribution >= 4 is 0 Å². The molecule has 0 amide bonds. The molecule has 2 nitrogen and oxygen atoms in total. The van der Waals surface area contributed by atoms with Gasteiger partial charge in [-0.05, 0) is 6.92 Å². The summed E-state index contributed by atoms with van der Waals surface area (Å²) in [5, 5.41) is 0. The Morgan fingerprint density at radius 1 is 1.42 bits per heavy atom. The van der Waals surface area contributed by atoms with Crippen LogP contribution in [0.4, 0.5) is 8.78 Å². The highest BCUT2D eigenvalue weighted by atomic mass is 19.3. The number of hydrogen-bond acceptors (Lipinski definition) is 2. The number of halogens is 2. The van der Waals surface area contributed by atoms with Crippen LogP contribution in [0.3, 0.4) is 0 Å². The summed E-state index contributed by atoms with van der Waals surface area (Å²) in [6.07, 6.45) is 0.0775. The van der Waals surface area contributed by atoms with E-state index < -0.39 is 6.43 Å². The van der Waals surface area contributed by atoms with Crippen molar-refractivity contribution in [1.82, 2.24) is 4.98 Å². The summed E-state index contributed by atoms with van der Waals surface area (Å²) < 4.78 is 29.4. The highest BCUT2D eigenvalue weighted by Gasteiger charge is 2.15. The predicted molar refractivity (Wildman–Crippen MR) is 40.5 cm³/mol. The molecule has 12 heavy (non-hydrogen) atoms. The summed E-state index contributed by atoms with van der Waals surface area (Å²) >= 11 is 0. The minimum absolute atomic E-state index is 0.155. The van der Waals surface area contributed by atoms with Crippen LogP contribution in [0.15, 0.2) is 12.4 Å². The fourth-order valence-corrected chi connectivity index (χ4v) is 1.01. The highest BCUT2D eigenvalue weighted by Crippen LogP contribution is 2.30. The van der Waals surface area contributed by atoms with Crippen LogP contribution < -0.4 is 4.74 Å². The quantitative estimate of drug-likeness (QED) is 0.684. The summed E-state index contributed by atoms with van der Waals surface area (Å²) in [4.78, 5) is 3.65. The lowest BCUT2D eigenvalue weighted by Gasteiger charge is -2.08. The average molecular weight is 173 g/mol. The van der Waals surface area contributed by atoms with Gasteiger partial charge >= 0.3 is 0 Å². The third-order valence-corrected chi connectivity index (χ3v) is 1.54. The van der Waals surface area contributed by atoms with Crippen LogP contribution in [0.5, 0.6) is 5.75 Å². The number of hydrogen-bond donors (Lipinski definition) is 0. The maximum atomic E-state index is 12.3. The first-order valence-electron chi connectivity index (χ1n) is 3.43. The van der Waals surface area contributed by atoms with Crippen molar-refractivity contribution in [3.8, 4) is 5.75 Å². The van der Waals surface area contributed by atoms with Crippen molar-refractivity contribution in [3.63, 3.8) is 0 Å². The molecular weight excluding hydrogens is 164 g/mol. The molecule has 0 aliphatic heterocycles. The Hall–Kier alpha value is -1.19. The van der Waals surface area contributed by atoms with Gasteiger partial charge in [0.25, 0.3) is 6.43 Å². The SMILES string of the molecule is COc1c(C)cncc1C(F)F. The Kier molecular flexibility index (Phi) is 2.58. The summed E-state index contributed by atoms with van der Waals surface area (Å²) in [5.74, 6) is 0.222. The van der Waals surface area contributed by atoms with Crippen LogP contribution >= 0.6 is 0 Å². The Morgan fingerprint density at radius 3 is 2.50 bits per heavy atom. The molecule has 1 rings (SSSR count). The number of alkyl halides is 2. The van der Waals surface area contributed by atoms with Crippen molar-refractivity contribution < 1.29 is 13.5 Å². The molecule has 0 aliphatic carbocycles. The molecule has 1 heterocycles. The van der Waals surface area contributed by atoms with E-state index in [1.165, 1.54) is 13.3 Å². The monoisotopic (exact) mass is 173 g/mol. The maximum absolute atomic E-state index is 12.3. The Morgan fingerprint density at radius 2 is 2.08 bits per heavy atom. The number of rotatable bonds is 2. The lowest BCUT2D eigenvalue weighted by atomic mass is 10.2. The molecule has 0 unspecified atom stereocenters. The zero-order valence-electron chi connectivity index (χ0n) is 6.84. The molecule has 0 N–H and O–H groups in total. The van der Waals surface area contributed by atoms with Crippen molar-refractivity contribution in [3.05, 3.63) is 23.5 Å². The van der Waals surface area contributed by atoms with E-state index in [1.54, 1.807) is 6.92 Å². The van der Waals surface area contributed by atoms with Crippen LogP contribution in [-0.4, -0.2) is 12.1 Å². The van der Waals surface area contributed by atoms with E-state index in [-0.39, 0.29) is 11.3 Å². The highest BCUT2D eigenvalue weighted by molar-refractivity contribution is 5.38. The Labute approximate surface area is 69.2 Å². The van der Waals surface area contributed by atoms with Gasteiger partial charge in [-0.1, -0.05) is 0 Å². The van der Waals surface area contributed by atoms with E-state index >= 15 is 0 Å². The van der Waals surface area contributed by atoms with Crippen LogP contribution in [0, 0.1) is 6.92 Å². The van der Waals surface area contributed by atoms with Gasteiger partial charge in [0.1, 0.15) is 5.75 Å². The predicted octanol–water partition coefficient (Wildman–Crippen LogP) is 2.34. The number of aromatic nitrogens is 1. The van der Waals surface area contributed by atoms with Gasteiger partial charge in [-0.25, -0.2) is 8.78 Å². The molecule has 66 valence electrons. The van der Waals surface area contributed by atoms with Crippen molar-refractivity contribution in [2.45, 2.75) is 13.3 Å². The zero-order chi connectivity index (χ0) is 9.14. The van der Waals surface area contributed by atoms with Crippen LogP contribution in [0.1, 0.15) is 17.6 Å². The fourth-order valence-electron chi connectivity index (χ4n) is 1.01. The largest absolute Gasteiger partial charge is 0.496 e. The van der Waals surface area contributed by atoms with Crippen molar-refractivity contribution in [2.24, 2.45) is 0 Å². The molecule has 0 radical (unpaired) electrons. The van der Waals surface area contributed by atoms with Crippen LogP contribution in [-0.2, 0) is 0 Å². The lowest BCUT2D eigenvalue weighted by molar-refractivity contribution is 0.146. The van der Waals surface area contributed by atoms with Gasteiger partial charge < -0.3 is 4.74 Å². The Balaban J connectivity index is 3.18. The molecule has 0 spiro atoms. The molecule has 0 atom stereocenters. The van der Waals surface area contributed by atoms with Crippen LogP contribution in [0.2, 0.25) is 0 Å². The summed E-state index contributed by atoms with van der Waals surface area (Å²) in [5.41, 5.74) is 0.466. The van der Waals surface area contributed by atoms with Gasteiger partial charge in [0.2, 0.25) is 0 Å². The fraction of sp³-hybridized carbons (Fsp3) is 0.375. The second kappa shape index (κ2) is 3.47. The average Bonchev–Trinajstić information content (AvgIpc) is 2.03. The van der Waals surface area contributed by atoms with Crippen LogP contribution in [0.25, 0.3) is 0 Å². The summed E-state index contributed by atoms with van der Waals surface area (Å²) in [7, 11) is 1.37. The number of ether oxygens (including phenoxy) is 1. The smallest absolute Gasteiger partial charge is 0.268 e. The van der Waals surface area contributed by atoms with Gasteiger partial charge in [0.15, 0.2) is 0 Å². The number of pyridine rings is 1. The van der Waals surface area contributed by atoms with Crippen molar-refractivity contribution in [2.75, 3.05) is 7.11 Å². The van der Waals surface area contributed by atoms with Crippen molar-refractivity contribution in [1.29, 1.82) is 0 Å². The third-order valence-electron chi connectivity index (χ3n) is 1.54. The lowest BCUT2D eigenvalue weighted by Crippen LogP contribution is -1.96. The molecule has 0 bridgehead atoms. The molecule has 1 aromatic heterocycles. The van der Waals surface area contributed by atoms with E-state index in [0.29, 0.717) is 5.56 Å². The normalized spacial score (nSPS) is 10.4. The molecule has 0 saturated carbocycles. The topological polar surface area (TPSA) is 22.1 Å². The van der Waals surface area contributed by atoms with E-state index in [4.69, 9.17) is 4.74 Å². The number of nitrogens with zero attached hydrogens (tertiary/aromatic N) is 1. The molecule has 0 aromatic carbocycles. The third kappa shape index (κ3) is 1.52. The second-order valence-corrected chi connectivity index (χ2v) is 2.38. The maximum Gasteiger partial charge on any atom is 0.268 e. The minimum Gasteiger partial charge on any atom is -0.496 e. The van der Waals surface area contributed by atoms with Gasteiger partial charge in [0.05, 0.1) is 12.7 Å². The van der Waals surface area contributed by atoms with E-state index in [0.717, 1.165) is 6.20 Å². The van der Waals surface area contributed by atoms with Gasteiger partial charge in [-0.15, -0.1) is 0 Å². The first-order valence-corrected chi connectivity index (χ1v) is 3.43. The molecule has 0 fully saturated rings. The van der Waals surface area contributed by atoms with E-state index in [2.05, 4.69) is 4.98 Å². The molecule has 1 aromatic rings. The first-order chi connectivity index (χ1) is 5.66. The molecule has 0 aliphatic rings. The van der Waals surface area contributed by atoms with Gasteiger partial charge in [0, 0.05) is 18.0 Å². The van der Waals surface area contributed by atoms with Gasteiger partial charge in [-0.2, -0.15) is 0 Å². The second-order valence-electron chi connectivity index (χ2n) is 2.38. The first kappa shape index (κ1) is 8.90. The molecule has 4 heteroatoms. The summed E-state index contributed by atoms with van der Waals surface area (Å²) in [6.45, 7) is 1.68. The minimum atomic E-state index is -2.53. The number of aryl methyl sites for hydroxylation is 1. The van der Waals surface area contributed by atoms with E-state index in [9.17, 15) is 8.78 Å². The number of methoxy groups -OCH3 is 1. The Bertz CT molecular complexity index is 276. The molecular formula is C8H9F2NO. The van der Waals surface area contributed by atoms with E-state index in [1.807, 2.05) is 0 Å². The summed E-state index contributed by atoms with van der Waals surface area (Å²) in [6, 6.07) is 0.